The maximum atomic E-state index is 4.94. The number of thioether (sulfide) groups is 1. The summed E-state index contributed by atoms with van der Waals surface area (Å²) >= 11 is 2.05. The molecule has 0 saturated carbocycles. The van der Waals surface area contributed by atoms with Gasteiger partial charge >= 0.3 is 0 Å². The van der Waals surface area contributed by atoms with E-state index in [0.717, 1.165) is 24.0 Å². The van der Waals surface area contributed by atoms with E-state index in [-0.39, 0.29) is 0 Å². The van der Waals surface area contributed by atoms with Crippen molar-refractivity contribution in [2.45, 2.75) is 18.7 Å². The minimum Gasteiger partial charge on any atom is -0.451 e. The minimum atomic E-state index is 0.751. The molecule has 0 bridgehead atoms. The SMILES string of the molecule is CC1CN(Cc2cocn2)CCS1. The zero-order valence-electron chi connectivity index (χ0n) is 7.77. The van der Waals surface area contributed by atoms with Gasteiger partial charge in [-0.3, -0.25) is 4.90 Å². The van der Waals surface area contributed by atoms with E-state index in [2.05, 4.69) is 16.8 Å². The molecule has 0 N–H and O–H groups in total. The predicted octanol–water partition coefficient (Wildman–Crippen LogP) is 1.61. The normalized spacial score (nSPS) is 24.8. The van der Waals surface area contributed by atoms with Crippen molar-refractivity contribution in [2.24, 2.45) is 0 Å². The summed E-state index contributed by atoms with van der Waals surface area (Å²) in [5.41, 5.74) is 1.04. The van der Waals surface area contributed by atoms with E-state index in [0.29, 0.717) is 0 Å². The van der Waals surface area contributed by atoms with Gasteiger partial charge in [0.25, 0.3) is 0 Å². The zero-order valence-corrected chi connectivity index (χ0v) is 8.59. The van der Waals surface area contributed by atoms with Crippen molar-refractivity contribution < 1.29 is 4.42 Å². The van der Waals surface area contributed by atoms with E-state index in [9.17, 15) is 0 Å². The molecule has 1 unspecified atom stereocenters. The van der Waals surface area contributed by atoms with Crippen molar-refractivity contribution in [1.29, 1.82) is 0 Å². The molecule has 13 heavy (non-hydrogen) atoms. The molecule has 1 aliphatic heterocycles. The third-order valence-electron chi connectivity index (χ3n) is 2.19. The lowest BCUT2D eigenvalue weighted by molar-refractivity contribution is 0.275. The van der Waals surface area contributed by atoms with Crippen LogP contribution >= 0.6 is 11.8 Å². The summed E-state index contributed by atoms with van der Waals surface area (Å²) in [6.07, 6.45) is 3.23. The predicted molar refractivity (Wildman–Crippen MR) is 53.7 cm³/mol. The van der Waals surface area contributed by atoms with Crippen molar-refractivity contribution in [3.05, 3.63) is 18.4 Å². The lowest BCUT2D eigenvalue weighted by atomic mass is 10.3. The van der Waals surface area contributed by atoms with Crippen LogP contribution in [-0.2, 0) is 6.54 Å². The van der Waals surface area contributed by atoms with Crippen molar-refractivity contribution in [3.8, 4) is 0 Å². The molecule has 1 fully saturated rings. The van der Waals surface area contributed by atoms with Crippen LogP contribution in [0.1, 0.15) is 12.6 Å². The Morgan fingerprint density at radius 3 is 3.38 bits per heavy atom. The van der Waals surface area contributed by atoms with Gasteiger partial charge in [-0.05, 0) is 0 Å². The molecule has 0 aromatic carbocycles. The van der Waals surface area contributed by atoms with E-state index in [1.54, 1.807) is 6.26 Å². The van der Waals surface area contributed by atoms with Gasteiger partial charge in [0, 0.05) is 30.6 Å². The fourth-order valence-electron chi connectivity index (χ4n) is 1.58. The molecular weight excluding hydrogens is 184 g/mol. The largest absolute Gasteiger partial charge is 0.451 e. The molecule has 2 heterocycles. The van der Waals surface area contributed by atoms with Crippen LogP contribution in [-0.4, -0.2) is 34.0 Å². The summed E-state index contributed by atoms with van der Waals surface area (Å²) in [5, 5.41) is 0.751. The second-order valence-corrected chi connectivity index (χ2v) is 4.94. The Kier molecular flexibility index (Phi) is 2.90. The third kappa shape index (κ3) is 2.48. The van der Waals surface area contributed by atoms with Gasteiger partial charge in [-0.1, -0.05) is 6.92 Å². The average Bonchev–Trinajstić information content (AvgIpc) is 2.57. The van der Waals surface area contributed by atoms with Crippen molar-refractivity contribution in [2.75, 3.05) is 18.8 Å². The first-order valence-electron chi connectivity index (χ1n) is 4.55. The molecule has 2 rings (SSSR count). The second kappa shape index (κ2) is 4.15. The molecule has 0 amide bonds. The van der Waals surface area contributed by atoms with Crippen LogP contribution in [0.15, 0.2) is 17.1 Å². The summed E-state index contributed by atoms with van der Waals surface area (Å²) in [6.45, 7) is 5.54. The molecule has 1 aromatic heterocycles. The highest BCUT2D eigenvalue weighted by Gasteiger charge is 2.17. The van der Waals surface area contributed by atoms with Crippen molar-refractivity contribution in [3.63, 3.8) is 0 Å². The van der Waals surface area contributed by atoms with E-state index < -0.39 is 0 Å². The van der Waals surface area contributed by atoms with Gasteiger partial charge in [-0.25, -0.2) is 4.98 Å². The molecule has 0 spiro atoms. The molecule has 0 radical (unpaired) electrons. The molecule has 1 aromatic rings. The number of nitrogens with zero attached hydrogens (tertiary/aromatic N) is 2. The van der Waals surface area contributed by atoms with Crippen molar-refractivity contribution in [1.82, 2.24) is 9.88 Å². The first-order chi connectivity index (χ1) is 6.34. The minimum absolute atomic E-state index is 0.751. The van der Waals surface area contributed by atoms with E-state index >= 15 is 0 Å². The van der Waals surface area contributed by atoms with E-state index in [4.69, 9.17) is 4.42 Å². The summed E-state index contributed by atoms with van der Waals surface area (Å²) in [5.74, 6) is 1.24. The third-order valence-corrected chi connectivity index (χ3v) is 3.33. The first kappa shape index (κ1) is 9.09. The van der Waals surface area contributed by atoms with E-state index in [1.807, 2.05) is 11.8 Å². The number of aromatic nitrogens is 1. The Bertz CT molecular complexity index is 250. The highest BCUT2D eigenvalue weighted by atomic mass is 32.2. The Morgan fingerprint density at radius 2 is 2.69 bits per heavy atom. The smallest absolute Gasteiger partial charge is 0.180 e. The van der Waals surface area contributed by atoms with Crippen LogP contribution < -0.4 is 0 Å². The Morgan fingerprint density at radius 1 is 1.77 bits per heavy atom. The van der Waals surface area contributed by atoms with Gasteiger partial charge < -0.3 is 4.42 Å². The molecule has 72 valence electrons. The summed E-state index contributed by atoms with van der Waals surface area (Å²) < 4.78 is 4.94. The lowest BCUT2D eigenvalue weighted by Gasteiger charge is -2.29. The molecule has 1 atom stereocenters. The fourth-order valence-corrected chi connectivity index (χ4v) is 2.66. The van der Waals surface area contributed by atoms with Crippen LogP contribution in [0, 0.1) is 0 Å². The standard InChI is InChI=1S/C9H14N2OS/c1-8-4-11(2-3-13-8)5-9-6-12-7-10-9/h6-8H,2-5H2,1H3. The van der Waals surface area contributed by atoms with Crippen LogP contribution in [0.4, 0.5) is 0 Å². The number of hydrogen-bond acceptors (Lipinski definition) is 4. The highest BCUT2D eigenvalue weighted by Crippen LogP contribution is 2.18. The summed E-state index contributed by atoms with van der Waals surface area (Å²) in [6, 6.07) is 0. The van der Waals surface area contributed by atoms with Gasteiger partial charge in [0.15, 0.2) is 6.39 Å². The molecule has 3 nitrogen and oxygen atoms in total. The average molecular weight is 198 g/mol. The van der Waals surface area contributed by atoms with Gasteiger partial charge in [-0.2, -0.15) is 11.8 Å². The van der Waals surface area contributed by atoms with Gasteiger partial charge in [0.2, 0.25) is 0 Å². The van der Waals surface area contributed by atoms with Gasteiger partial charge in [0.1, 0.15) is 6.26 Å². The maximum absolute atomic E-state index is 4.94. The quantitative estimate of drug-likeness (QED) is 0.722. The molecule has 4 heteroatoms. The Labute approximate surface area is 82.5 Å². The maximum Gasteiger partial charge on any atom is 0.180 e. The second-order valence-electron chi connectivity index (χ2n) is 3.40. The molecule has 0 aliphatic carbocycles. The molecular formula is C9H14N2OS. The first-order valence-corrected chi connectivity index (χ1v) is 5.60. The zero-order chi connectivity index (χ0) is 9.10. The van der Waals surface area contributed by atoms with Crippen LogP contribution in [0.3, 0.4) is 0 Å². The lowest BCUT2D eigenvalue weighted by Crippen LogP contribution is -2.36. The highest BCUT2D eigenvalue weighted by molar-refractivity contribution is 7.99. The fraction of sp³-hybridized carbons (Fsp3) is 0.667. The number of hydrogen-bond donors (Lipinski definition) is 0. The van der Waals surface area contributed by atoms with Crippen LogP contribution in [0.25, 0.3) is 0 Å². The topological polar surface area (TPSA) is 29.3 Å². The Balaban J connectivity index is 1.87. The Hall–Kier alpha value is -0.480. The van der Waals surface area contributed by atoms with E-state index in [1.165, 1.54) is 18.7 Å². The van der Waals surface area contributed by atoms with Gasteiger partial charge in [0.05, 0.1) is 5.69 Å². The summed E-state index contributed by atoms with van der Waals surface area (Å²) in [7, 11) is 0. The van der Waals surface area contributed by atoms with Crippen molar-refractivity contribution >= 4 is 11.8 Å². The number of oxazole rings is 1. The molecule has 1 saturated heterocycles. The molecule has 1 aliphatic rings. The van der Waals surface area contributed by atoms with Gasteiger partial charge in [-0.15, -0.1) is 0 Å². The van der Waals surface area contributed by atoms with Crippen LogP contribution in [0.2, 0.25) is 0 Å². The monoisotopic (exact) mass is 198 g/mol. The van der Waals surface area contributed by atoms with Crippen LogP contribution in [0.5, 0.6) is 0 Å². The summed E-state index contributed by atoms with van der Waals surface area (Å²) in [4.78, 5) is 6.55. The number of rotatable bonds is 2.